The monoisotopic (exact) mass is 261 g/mol. The lowest BCUT2D eigenvalue weighted by molar-refractivity contribution is 0.183. The molecule has 0 aliphatic carbocycles. The third-order valence-electron chi connectivity index (χ3n) is 3.87. The summed E-state index contributed by atoms with van der Waals surface area (Å²) < 4.78 is 0. The molecule has 1 atom stereocenters. The zero-order chi connectivity index (χ0) is 13.8. The number of hydrogen-bond donors (Lipinski definition) is 2. The number of piperidine rings is 1. The van der Waals surface area contributed by atoms with Gasteiger partial charge in [-0.25, -0.2) is 4.79 Å². The van der Waals surface area contributed by atoms with E-state index < -0.39 is 0 Å². The topological polar surface area (TPSA) is 58.4 Å². The number of amides is 2. The zero-order valence-corrected chi connectivity index (χ0v) is 11.7. The molecule has 2 rings (SSSR count). The predicted octanol–water partition coefficient (Wildman–Crippen LogP) is 2.19. The Bertz CT molecular complexity index is 422. The van der Waals surface area contributed by atoms with E-state index in [0.717, 1.165) is 25.9 Å². The van der Waals surface area contributed by atoms with Crippen molar-refractivity contribution in [2.24, 2.45) is 5.73 Å². The Morgan fingerprint density at radius 3 is 2.42 bits per heavy atom. The van der Waals surface area contributed by atoms with Gasteiger partial charge in [0.2, 0.25) is 0 Å². The maximum atomic E-state index is 11.1. The molecule has 0 radical (unpaired) electrons. The predicted molar refractivity (Wildman–Crippen MR) is 76.9 cm³/mol. The SMILES string of the molecule is Cc1ccc([C@@H](C)NC2CCN(C(N)=O)CC2)cc1. The lowest BCUT2D eigenvalue weighted by atomic mass is 10.0. The van der Waals surface area contributed by atoms with E-state index in [2.05, 4.69) is 43.4 Å². The highest BCUT2D eigenvalue weighted by Gasteiger charge is 2.22. The molecule has 0 bridgehead atoms. The fourth-order valence-corrected chi connectivity index (χ4v) is 2.57. The van der Waals surface area contributed by atoms with Crippen molar-refractivity contribution in [3.05, 3.63) is 35.4 Å². The summed E-state index contributed by atoms with van der Waals surface area (Å²) in [6, 6.07) is 9.13. The first-order valence-electron chi connectivity index (χ1n) is 6.93. The summed E-state index contributed by atoms with van der Waals surface area (Å²) in [6.07, 6.45) is 1.94. The number of carbonyl (C=O) groups excluding carboxylic acids is 1. The second-order valence-electron chi connectivity index (χ2n) is 5.40. The van der Waals surface area contributed by atoms with E-state index in [-0.39, 0.29) is 6.03 Å². The van der Waals surface area contributed by atoms with Gasteiger partial charge in [0.25, 0.3) is 0 Å². The van der Waals surface area contributed by atoms with Crippen LogP contribution in [0.3, 0.4) is 0 Å². The number of aryl methyl sites for hydroxylation is 1. The minimum absolute atomic E-state index is 0.301. The molecule has 0 unspecified atom stereocenters. The van der Waals surface area contributed by atoms with Crippen LogP contribution in [0.5, 0.6) is 0 Å². The summed E-state index contributed by atoms with van der Waals surface area (Å²) in [4.78, 5) is 12.8. The van der Waals surface area contributed by atoms with E-state index >= 15 is 0 Å². The standard InChI is InChI=1S/C15H23N3O/c1-11-3-5-13(6-4-11)12(2)17-14-7-9-18(10-8-14)15(16)19/h3-6,12,14,17H,7-10H2,1-2H3,(H2,16,19)/t12-/m1/s1. The van der Waals surface area contributed by atoms with Crippen molar-refractivity contribution in [1.82, 2.24) is 10.2 Å². The first-order chi connectivity index (χ1) is 9.06. The van der Waals surface area contributed by atoms with Gasteiger partial charge in [-0.3, -0.25) is 0 Å². The van der Waals surface area contributed by atoms with E-state index in [1.54, 1.807) is 4.90 Å². The van der Waals surface area contributed by atoms with Gasteiger partial charge in [0.1, 0.15) is 0 Å². The lowest BCUT2D eigenvalue weighted by Crippen LogP contribution is -2.47. The molecule has 4 heteroatoms. The van der Waals surface area contributed by atoms with Gasteiger partial charge in [-0.2, -0.15) is 0 Å². The van der Waals surface area contributed by atoms with Crippen LogP contribution < -0.4 is 11.1 Å². The summed E-state index contributed by atoms with van der Waals surface area (Å²) >= 11 is 0. The van der Waals surface area contributed by atoms with Gasteiger partial charge in [0.05, 0.1) is 0 Å². The molecule has 4 nitrogen and oxygen atoms in total. The second kappa shape index (κ2) is 6.06. The Morgan fingerprint density at radius 2 is 1.89 bits per heavy atom. The Kier molecular flexibility index (Phi) is 4.43. The lowest BCUT2D eigenvalue weighted by Gasteiger charge is -2.33. The molecule has 0 spiro atoms. The van der Waals surface area contributed by atoms with Gasteiger partial charge in [-0.05, 0) is 32.3 Å². The zero-order valence-electron chi connectivity index (χ0n) is 11.7. The Balaban J connectivity index is 1.85. The molecule has 1 aliphatic heterocycles. The smallest absolute Gasteiger partial charge is 0.314 e. The fraction of sp³-hybridized carbons (Fsp3) is 0.533. The van der Waals surface area contributed by atoms with Crippen molar-refractivity contribution in [2.75, 3.05) is 13.1 Å². The van der Waals surface area contributed by atoms with E-state index in [1.807, 2.05) is 0 Å². The van der Waals surface area contributed by atoms with Crippen molar-refractivity contribution in [1.29, 1.82) is 0 Å². The van der Waals surface area contributed by atoms with Crippen LogP contribution in [0.1, 0.15) is 36.9 Å². The van der Waals surface area contributed by atoms with Gasteiger partial charge >= 0.3 is 6.03 Å². The van der Waals surface area contributed by atoms with Gasteiger partial charge in [-0.1, -0.05) is 29.8 Å². The average Bonchev–Trinajstić information content (AvgIpc) is 2.40. The van der Waals surface area contributed by atoms with Crippen molar-refractivity contribution in [3.8, 4) is 0 Å². The van der Waals surface area contributed by atoms with Gasteiger partial charge in [-0.15, -0.1) is 0 Å². The van der Waals surface area contributed by atoms with Crippen LogP contribution in [0.25, 0.3) is 0 Å². The number of nitrogens with one attached hydrogen (secondary N) is 1. The number of rotatable bonds is 3. The van der Waals surface area contributed by atoms with Crippen molar-refractivity contribution < 1.29 is 4.79 Å². The third-order valence-corrected chi connectivity index (χ3v) is 3.87. The molecule has 19 heavy (non-hydrogen) atoms. The van der Waals surface area contributed by atoms with Crippen LogP contribution in [0, 0.1) is 6.92 Å². The van der Waals surface area contributed by atoms with Crippen LogP contribution in [0.2, 0.25) is 0 Å². The van der Waals surface area contributed by atoms with E-state index in [9.17, 15) is 4.79 Å². The Morgan fingerprint density at radius 1 is 1.32 bits per heavy atom. The third kappa shape index (κ3) is 3.70. The minimum atomic E-state index is -0.301. The number of hydrogen-bond acceptors (Lipinski definition) is 2. The molecule has 1 aliphatic rings. The molecule has 2 amide bonds. The van der Waals surface area contributed by atoms with Gasteiger partial charge < -0.3 is 16.0 Å². The molecule has 3 N–H and O–H groups in total. The molecule has 1 aromatic rings. The summed E-state index contributed by atoms with van der Waals surface area (Å²) in [7, 11) is 0. The molecular formula is C15H23N3O. The molecule has 104 valence electrons. The molecule has 1 aromatic carbocycles. The first-order valence-corrected chi connectivity index (χ1v) is 6.93. The van der Waals surface area contributed by atoms with Crippen LogP contribution in [-0.2, 0) is 0 Å². The maximum Gasteiger partial charge on any atom is 0.314 e. The molecule has 0 saturated carbocycles. The van der Waals surface area contributed by atoms with Crippen LogP contribution in [-0.4, -0.2) is 30.1 Å². The quantitative estimate of drug-likeness (QED) is 0.876. The normalized spacial score (nSPS) is 18.3. The van der Waals surface area contributed by atoms with E-state index in [4.69, 9.17) is 5.73 Å². The van der Waals surface area contributed by atoms with Gasteiger partial charge in [0.15, 0.2) is 0 Å². The number of benzene rings is 1. The number of primary amides is 1. The fourth-order valence-electron chi connectivity index (χ4n) is 2.57. The summed E-state index contributed by atoms with van der Waals surface area (Å²) in [5, 5.41) is 3.64. The maximum absolute atomic E-state index is 11.1. The van der Waals surface area contributed by atoms with Crippen molar-refractivity contribution in [2.45, 2.75) is 38.8 Å². The van der Waals surface area contributed by atoms with Crippen LogP contribution >= 0.6 is 0 Å². The highest BCUT2D eigenvalue weighted by Crippen LogP contribution is 2.17. The Hall–Kier alpha value is -1.55. The highest BCUT2D eigenvalue weighted by molar-refractivity contribution is 5.72. The highest BCUT2D eigenvalue weighted by atomic mass is 16.2. The molecular weight excluding hydrogens is 238 g/mol. The molecule has 1 saturated heterocycles. The van der Waals surface area contributed by atoms with Crippen molar-refractivity contribution in [3.63, 3.8) is 0 Å². The molecule has 1 heterocycles. The molecule has 1 fully saturated rings. The summed E-state index contributed by atoms with van der Waals surface area (Å²) in [5.41, 5.74) is 7.88. The van der Waals surface area contributed by atoms with E-state index in [0.29, 0.717) is 12.1 Å². The summed E-state index contributed by atoms with van der Waals surface area (Å²) in [5.74, 6) is 0. The minimum Gasteiger partial charge on any atom is -0.351 e. The van der Waals surface area contributed by atoms with Crippen molar-refractivity contribution >= 4 is 6.03 Å². The second-order valence-corrected chi connectivity index (χ2v) is 5.40. The number of likely N-dealkylation sites (tertiary alicyclic amines) is 1. The first kappa shape index (κ1) is 13.9. The van der Waals surface area contributed by atoms with E-state index in [1.165, 1.54) is 11.1 Å². The molecule has 0 aromatic heterocycles. The number of nitrogens with zero attached hydrogens (tertiary/aromatic N) is 1. The largest absolute Gasteiger partial charge is 0.351 e. The number of nitrogens with two attached hydrogens (primary N) is 1. The Labute approximate surface area is 115 Å². The van der Waals surface area contributed by atoms with Gasteiger partial charge in [0, 0.05) is 25.2 Å². The number of carbonyl (C=O) groups is 1. The number of urea groups is 1. The van der Waals surface area contributed by atoms with Crippen LogP contribution in [0.15, 0.2) is 24.3 Å². The van der Waals surface area contributed by atoms with Crippen LogP contribution in [0.4, 0.5) is 4.79 Å². The average molecular weight is 261 g/mol. The summed E-state index contributed by atoms with van der Waals surface area (Å²) in [6.45, 7) is 5.80.